The van der Waals surface area contributed by atoms with E-state index in [1.165, 1.54) is 0 Å². The van der Waals surface area contributed by atoms with Crippen molar-refractivity contribution in [3.8, 4) is 0 Å². The molecule has 1 N–H and O–H groups in total. The maximum absolute atomic E-state index is 9.38. The van der Waals surface area contributed by atoms with Gasteiger partial charge in [-0.3, -0.25) is 4.90 Å². The van der Waals surface area contributed by atoms with Gasteiger partial charge < -0.3 is 9.84 Å². The van der Waals surface area contributed by atoms with Crippen LogP contribution >= 0.6 is 0 Å². The number of ether oxygens (including phenoxy) is 1. The number of hydrogen-bond acceptors (Lipinski definition) is 3. The summed E-state index contributed by atoms with van der Waals surface area (Å²) in [5, 5.41) is 9.38. The Morgan fingerprint density at radius 2 is 1.92 bits per heavy atom. The highest BCUT2D eigenvalue weighted by Crippen LogP contribution is 2.22. The normalized spacial score (nSPS) is 38.3. The van der Waals surface area contributed by atoms with Crippen molar-refractivity contribution < 1.29 is 9.84 Å². The third-order valence-corrected chi connectivity index (χ3v) is 3.30. The monoisotopic (exact) mass is 185 g/mol. The second-order valence-corrected chi connectivity index (χ2v) is 4.20. The number of aliphatic hydroxyl groups is 1. The summed E-state index contributed by atoms with van der Waals surface area (Å²) in [5.74, 6) is 0. The molecule has 0 aromatic heterocycles. The van der Waals surface area contributed by atoms with E-state index in [-0.39, 0.29) is 6.10 Å². The lowest BCUT2D eigenvalue weighted by Crippen LogP contribution is -2.45. The molecule has 2 atom stereocenters. The molecule has 0 bridgehead atoms. The fourth-order valence-corrected chi connectivity index (χ4v) is 2.42. The number of likely N-dealkylation sites (tertiary alicyclic amines) is 1. The molecule has 0 aliphatic carbocycles. The molecule has 2 fully saturated rings. The van der Waals surface area contributed by atoms with Gasteiger partial charge in [0.1, 0.15) is 0 Å². The molecule has 0 saturated carbocycles. The predicted molar refractivity (Wildman–Crippen MR) is 50.6 cm³/mol. The highest BCUT2D eigenvalue weighted by molar-refractivity contribution is 4.85. The van der Waals surface area contributed by atoms with E-state index < -0.39 is 0 Å². The minimum Gasteiger partial charge on any atom is -0.393 e. The highest BCUT2D eigenvalue weighted by Gasteiger charge is 2.31. The van der Waals surface area contributed by atoms with E-state index in [4.69, 9.17) is 4.74 Å². The molecule has 2 aliphatic rings. The third-order valence-electron chi connectivity index (χ3n) is 3.30. The van der Waals surface area contributed by atoms with Crippen molar-refractivity contribution in [1.29, 1.82) is 0 Å². The highest BCUT2D eigenvalue weighted by atomic mass is 16.5. The van der Waals surface area contributed by atoms with E-state index in [9.17, 15) is 5.11 Å². The lowest BCUT2D eigenvalue weighted by molar-refractivity contribution is 0.0308. The second kappa shape index (κ2) is 3.95. The van der Waals surface area contributed by atoms with Gasteiger partial charge in [-0.1, -0.05) is 0 Å². The van der Waals surface area contributed by atoms with Crippen LogP contribution in [-0.2, 0) is 4.74 Å². The molecule has 0 amide bonds. The smallest absolute Gasteiger partial charge is 0.0703 e. The zero-order chi connectivity index (χ0) is 9.26. The van der Waals surface area contributed by atoms with E-state index in [2.05, 4.69) is 11.8 Å². The van der Waals surface area contributed by atoms with Crippen LogP contribution in [0, 0.1) is 0 Å². The molecule has 13 heavy (non-hydrogen) atoms. The van der Waals surface area contributed by atoms with Gasteiger partial charge in [0.15, 0.2) is 0 Å². The van der Waals surface area contributed by atoms with Gasteiger partial charge in [-0.05, 0) is 26.2 Å². The van der Waals surface area contributed by atoms with Crippen molar-refractivity contribution in [3.05, 3.63) is 0 Å². The molecular weight excluding hydrogens is 166 g/mol. The molecule has 76 valence electrons. The van der Waals surface area contributed by atoms with E-state index in [0.29, 0.717) is 12.1 Å². The zero-order valence-corrected chi connectivity index (χ0v) is 8.28. The number of rotatable bonds is 1. The van der Waals surface area contributed by atoms with Gasteiger partial charge in [0, 0.05) is 25.7 Å². The fraction of sp³-hybridized carbons (Fsp3) is 1.00. The van der Waals surface area contributed by atoms with Crippen molar-refractivity contribution in [2.75, 3.05) is 19.7 Å². The molecule has 3 heteroatoms. The van der Waals surface area contributed by atoms with Gasteiger partial charge in [-0.15, -0.1) is 0 Å². The lowest BCUT2D eigenvalue weighted by atomic mass is 10.0. The molecule has 0 aromatic rings. The molecule has 0 aromatic carbocycles. The minimum atomic E-state index is -0.0612. The van der Waals surface area contributed by atoms with Gasteiger partial charge in [0.25, 0.3) is 0 Å². The summed E-state index contributed by atoms with van der Waals surface area (Å²) in [7, 11) is 0. The molecule has 2 unspecified atom stereocenters. The van der Waals surface area contributed by atoms with Crippen LogP contribution in [0.1, 0.15) is 26.2 Å². The topological polar surface area (TPSA) is 32.7 Å². The summed E-state index contributed by atoms with van der Waals surface area (Å²) >= 11 is 0. The number of piperidine rings is 1. The number of aliphatic hydroxyl groups excluding tert-OH is 1. The fourth-order valence-electron chi connectivity index (χ4n) is 2.42. The van der Waals surface area contributed by atoms with Crippen molar-refractivity contribution in [3.63, 3.8) is 0 Å². The molecule has 0 radical (unpaired) electrons. The Hall–Kier alpha value is -0.120. The Morgan fingerprint density at radius 1 is 1.23 bits per heavy atom. The van der Waals surface area contributed by atoms with E-state index in [1.807, 2.05) is 0 Å². The van der Waals surface area contributed by atoms with Crippen LogP contribution < -0.4 is 0 Å². The van der Waals surface area contributed by atoms with E-state index in [0.717, 1.165) is 39.0 Å². The average Bonchev–Trinajstić information content (AvgIpc) is 2.53. The first-order valence-electron chi connectivity index (χ1n) is 5.31. The maximum atomic E-state index is 9.38. The van der Waals surface area contributed by atoms with Crippen molar-refractivity contribution >= 4 is 0 Å². The summed E-state index contributed by atoms with van der Waals surface area (Å²) < 4.78 is 5.54. The quantitative estimate of drug-likeness (QED) is 0.650. The third kappa shape index (κ3) is 2.03. The number of hydrogen-bond donors (Lipinski definition) is 1. The summed E-state index contributed by atoms with van der Waals surface area (Å²) in [6.45, 7) is 5.15. The van der Waals surface area contributed by atoms with Crippen molar-refractivity contribution in [2.24, 2.45) is 0 Å². The zero-order valence-electron chi connectivity index (χ0n) is 8.28. The van der Waals surface area contributed by atoms with Gasteiger partial charge in [-0.2, -0.15) is 0 Å². The average molecular weight is 185 g/mol. The maximum Gasteiger partial charge on any atom is 0.0703 e. The van der Waals surface area contributed by atoms with E-state index >= 15 is 0 Å². The first-order chi connectivity index (χ1) is 6.27. The molecule has 3 nitrogen and oxygen atoms in total. The second-order valence-electron chi connectivity index (χ2n) is 4.20. The summed E-state index contributed by atoms with van der Waals surface area (Å²) in [6, 6.07) is 0.604. The first-order valence-corrected chi connectivity index (χ1v) is 5.31. The van der Waals surface area contributed by atoms with Gasteiger partial charge >= 0.3 is 0 Å². The standard InChI is InChI=1S/C10H19NO2/c1-8-10(4-7-13-8)11-5-2-9(12)3-6-11/h8-10,12H,2-7H2,1H3. The van der Waals surface area contributed by atoms with Gasteiger partial charge in [0.2, 0.25) is 0 Å². The summed E-state index contributed by atoms with van der Waals surface area (Å²) in [6.07, 6.45) is 3.35. The molecule has 2 rings (SSSR count). The Balaban J connectivity index is 1.86. The minimum absolute atomic E-state index is 0.0612. The molecule has 2 aliphatic heterocycles. The molecular formula is C10H19NO2. The molecule has 2 heterocycles. The van der Waals surface area contributed by atoms with Gasteiger partial charge in [-0.25, -0.2) is 0 Å². The van der Waals surface area contributed by atoms with E-state index in [1.54, 1.807) is 0 Å². The SMILES string of the molecule is CC1OCCC1N1CCC(O)CC1. The van der Waals surface area contributed by atoms with Crippen LogP contribution in [0.2, 0.25) is 0 Å². The predicted octanol–water partition coefficient (Wildman–Crippen LogP) is 0.620. The van der Waals surface area contributed by atoms with Crippen molar-refractivity contribution in [2.45, 2.75) is 44.4 Å². The molecule has 0 spiro atoms. The first kappa shape index (κ1) is 9.44. The Kier molecular flexibility index (Phi) is 2.86. The van der Waals surface area contributed by atoms with Crippen LogP contribution in [0.5, 0.6) is 0 Å². The van der Waals surface area contributed by atoms with Crippen LogP contribution in [0.4, 0.5) is 0 Å². The Bertz CT molecular complexity index is 166. The Morgan fingerprint density at radius 3 is 2.46 bits per heavy atom. The Labute approximate surface area is 79.7 Å². The largest absolute Gasteiger partial charge is 0.393 e. The van der Waals surface area contributed by atoms with Crippen LogP contribution in [-0.4, -0.2) is 48.0 Å². The van der Waals surface area contributed by atoms with Crippen LogP contribution in [0.25, 0.3) is 0 Å². The van der Waals surface area contributed by atoms with Gasteiger partial charge in [0.05, 0.1) is 12.2 Å². The lowest BCUT2D eigenvalue weighted by Gasteiger charge is -2.35. The van der Waals surface area contributed by atoms with Crippen LogP contribution in [0.3, 0.4) is 0 Å². The number of nitrogens with zero attached hydrogens (tertiary/aromatic N) is 1. The summed E-state index contributed by atoms with van der Waals surface area (Å²) in [4.78, 5) is 2.48. The van der Waals surface area contributed by atoms with Crippen molar-refractivity contribution in [1.82, 2.24) is 4.90 Å². The summed E-state index contributed by atoms with van der Waals surface area (Å²) in [5.41, 5.74) is 0. The molecule has 2 saturated heterocycles. The van der Waals surface area contributed by atoms with Crippen LogP contribution in [0.15, 0.2) is 0 Å².